The zero-order chi connectivity index (χ0) is 21.0. The Bertz CT molecular complexity index is 862. The van der Waals surface area contributed by atoms with Crippen LogP contribution in [-0.2, 0) is 11.3 Å². The lowest BCUT2D eigenvalue weighted by molar-refractivity contribution is -0.136. The van der Waals surface area contributed by atoms with Gasteiger partial charge in [0.25, 0.3) is 0 Å². The third kappa shape index (κ3) is 5.72. The van der Waals surface area contributed by atoms with E-state index in [0.29, 0.717) is 13.1 Å². The molecular weight excluding hydrogens is 408 g/mol. The molecule has 156 valence electrons. The number of rotatable bonds is 6. The number of nitrogens with one attached hydrogen (secondary N) is 1. The zero-order valence-corrected chi connectivity index (χ0v) is 18.3. The number of primary amides is 1. The summed E-state index contributed by atoms with van der Waals surface area (Å²) in [5.74, 6) is -0.0677. The molecule has 3 rings (SSSR count). The highest BCUT2D eigenvalue weighted by atomic mass is 35.5. The molecule has 1 aliphatic rings. The average Bonchev–Trinajstić information content (AvgIpc) is 3.14. The first-order chi connectivity index (χ1) is 13.8. The first kappa shape index (κ1) is 21.6. The number of hydrogen-bond donors (Lipinski definition) is 2. The minimum Gasteiger partial charge on any atom is -0.352 e. The minimum atomic E-state index is -0.663. The summed E-state index contributed by atoms with van der Waals surface area (Å²) in [7, 11) is 0. The van der Waals surface area contributed by atoms with Crippen molar-refractivity contribution < 1.29 is 9.59 Å². The summed E-state index contributed by atoms with van der Waals surface area (Å²) in [5, 5.41) is 3.32. The summed E-state index contributed by atoms with van der Waals surface area (Å²) in [6.45, 7) is 7.58. The second-order valence-corrected chi connectivity index (χ2v) is 9.21. The Morgan fingerprint density at radius 1 is 1.17 bits per heavy atom. The number of carbonyl (C=O) groups is 2. The number of carbonyl (C=O) groups excluding carboxylic acids is 2. The lowest BCUT2D eigenvalue weighted by atomic mass is 10.0. The van der Waals surface area contributed by atoms with Crippen LogP contribution in [0.25, 0.3) is 10.4 Å². The van der Waals surface area contributed by atoms with Gasteiger partial charge in [-0.15, -0.1) is 11.3 Å². The third-order valence-electron chi connectivity index (χ3n) is 5.06. The van der Waals surface area contributed by atoms with Gasteiger partial charge in [0.05, 0.1) is 0 Å². The first-order valence-corrected chi connectivity index (χ1v) is 10.9. The Kier molecular flexibility index (Phi) is 7.16. The van der Waals surface area contributed by atoms with Crippen LogP contribution in [0.1, 0.15) is 18.7 Å². The largest absolute Gasteiger partial charge is 0.352 e. The van der Waals surface area contributed by atoms with E-state index in [1.807, 2.05) is 36.9 Å². The number of thiophene rings is 1. The maximum Gasteiger partial charge on any atom is 0.312 e. The van der Waals surface area contributed by atoms with E-state index in [0.717, 1.165) is 30.2 Å². The summed E-state index contributed by atoms with van der Waals surface area (Å²) < 4.78 is 0. The quantitative estimate of drug-likeness (QED) is 0.731. The van der Waals surface area contributed by atoms with E-state index >= 15 is 0 Å². The molecule has 8 heteroatoms. The molecule has 1 atom stereocenters. The molecule has 29 heavy (non-hydrogen) atoms. The van der Waals surface area contributed by atoms with Gasteiger partial charge in [0.15, 0.2) is 0 Å². The van der Waals surface area contributed by atoms with Crippen molar-refractivity contribution in [2.45, 2.75) is 26.4 Å². The van der Waals surface area contributed by atoms with Gasteiger partial charge < -0.3 is 16.0 Å². The highest BCUT2D eigenvalue weighted by Crippen LogP contribution is 2.30. The van der Waals surface area contributed by atoms with E-state index in [-0.39, 0.29) is 11.8 Å². The standard InChI is InChI=1S/C21H27ClN4O2S/c1-14(2)19(24-21(23)28)20(27)26-10-8-25(9-11-26)13-17-6-7-18(29-17)15-4-3-5-16(22)12-15/h3-7,12,14,19H,8-11,13H2,1-2H3,(H3,23,24,28). The third-order valence-corrected chi connectivity index (χ3v) is 6.42. The summed E-state index contributed by atoms with van der Waals surface area (Å²) >= 11 is 7.87. The minimum absolute atomic E-state index is 0.0101. The van der Waals surface area contributed by atoms with Crippen LogP contribution in [0.5, 0.6) is 0 Å². The molecule has 2 heterocycles. The van der Waals surface area contributed by atoms with Crippen LogP contribution in [-0.4, -0.2) is 54.0 Å². The van der Waals surface area contributed by atoms with E-state index in [1.165, 1.54) is 9.75 Å². The Labute approximate surface area is 180 Å². The van der Waals surface area contributed by atoms with Crippen molar-refractivity contribution in [1.29, 1.82) is 0 Å². The number of halogens is 1. The molecule has 0 aliphatic carbocycles. The van der Waals surface area contributed by atoms with E-state index in [2.05, 4.69) is 28.4 Å². The molecule has 3 N–H and O–H groups in total. The Morgan fingerprint density at radius 3 is 2.52 bits per heavy atom. The maximum atomic E-state index is 12.8. The van der Waals surface area contributed by atoms with Crippen molar-refractivity contribution in [3.8, 4) is 10.4 Å². The molecule has 6 nitrogen and oxygen atoms in total. The monoisotopic (exact) mass is 434 g/mol. The molecule has 1 fully saturated rings. The lowest BCUT2D eigenvalue weighted by Crippen LogP contribution is -2.56. The molecule has 1 aromatic carbocycles. The Morgan fingerprint density at radius 2 is 1.90 bits per heavy atom. The van der Waals surface area contributed by atoms with E-state index in [1.54, 1.807) is 11.3 Å². The normalized spacial score (nSPS) is 16.1. The van der Waals surface area contributed by atoms with E-state index in [4.69, 9.17) is 17.3 Å². The van der Waals surface area contributed by atoms with Crippen LogP contribution in [0.4, 0.5) is 4.79 Å². The number of hydrogen-bond acceptors (Lipinski definition) is 4. The second-order valence-electron chi connectivity index (χ2n) is 7.61. The van der Waals surface area contributed by atoms with Crippen LogP contribution in [0.3, 0.4) is 0 Å². The fourth-order valence-corrected chi connectivity index (χ4v) is 4.71. The fourth-order valence-electron chi connectivity index (χ4n) is 3.47. The number of amides is 3. The van der Waals surface area contributed by atoms with Crippen LogP contribution in [0.15, 0.2) is 36.4 Å². The molecule has 0 bridgehead atoms. The topological polar surface area (TPSA) is 78.7 Å². The predicted octanol–water partition coefficient (Wildman–Crippen LogP) is 3.41. The molecule has 0 saturated carbocycles. The summed E-state index contributed by atoms with van der Waals surface area (Å²) in [5.41, 5.74) is 6.35. The number of benzene rings is 1. The van der Waals surface area contributed by atoms with Gasteiger partial charge in [0.1, 0.15) is 6.04 Å². The van der Waals surface area contributed by atoms with Gasteiger partial charge in [-0.3, -0.25) is 9.69 Å². The number of piperazine rings is 1. The van der Waals surface area contributed by atoms with Gasteiger partial charge in [0, 0.05) is 47.5 Å². The Balaban J connectivity index is 1.55. The van der Waals surface area contributed by atoms with Crippen LogP contribution in [0, 0.1) is 5.92 Å². The van der Waals surface area contributed by atoms with Gasteiger partial charge in [-0.2, -0.15) is 0 Å². The summed E-state index contributed by atoms with van der Waals surface area (Å²) in [6.07, 6.45) is 0. The molecule has 1 aromatic heterocycles. The highest BCUT2D eigenvalue weighted by molar-refractivity contribution is 7.15. The number of nitrogens with zero attached hydrogens (tertiary/aromatic N) is 2. The molecule has 1 unspecified atom stereocenters. The fraction of sp³-hybridized carbons (Fsp3) is 0.429. The highest BCUT2D eigenvalue weighted by Gasteiger charge is 2.30. The average molecular weight is 435 g/mol. The summed E-state index contributed by atoms with van der Waals surface area (Å²) in [6, 6.07) is 10.9. The Hall–Kier alpha value is -2.09. The molecule has 2 aromatic rings. The molecule has 0 spiro atoms. The van der Waals surface area contributed by atoms with Gasteiger partial charge in [-0.25, -0.2) is 4.79 Å². The van der Waals surface area contributed by atoms with E-state index < -0.39 is 12.1 Å². The van der Waals surface area contributed by atoms with Gasteiger partial charge in [-0.1, -0.05) is 37.6 Å². The maximum absolute atomic E-state index is 12.8. The molecule has 1 aliphatic heterocycles. The molecular formula is C21H27ClN4O2S. The second kappa shape index (κ2) is 9.61. The smallest absolute Gasteiger partial charge is 0.312 e. The van der Waals surface area contributed by atoms with Crippen molar-refractivity contribution in [2.24, 2.45) is 11.7 Å². The number of urea groups is 1. The van der Waals surface area contributed by atoms with Crippen molar-refractivity contribution in [3.63, 3.8) is 0 Å². The van der Waals surface area contributed by atoms with Crippen molar-refractivity contribution in [2.75, 3.05) is 26.2 Å². The van der Waals surface area contributed by atoms with Gasteiger partial charge in [-0.05, 0) is 35.7 Å². The van der Waals surface area contributed by atoms with Crippen molar-refractivity contribution in [3.05, 3.63) is 46.3 Å². The van der Waals surface area contributed by atoms with Crippen LogP contribution >= 0.6 is 22.9 Å². The van der Waals surface area contributed by atoms with Gasteiger partial charge >= 0.3 is 6.03 Å². The van der Waals surface area contributed by atoms with Crippen LogP contribution < -0.4 is 11.1 Å². The lowest BCUT2D eigenvalue weighted by Gasteiger charge is -2.37. The molecule has 3 amide bonds. The van der Waals surface area contributed by atoms with E-state index in [9.17, 15) is 9.59 Å². The summed E-state index contributed by atoms with van der Waals surface area (Å²) in [4.78, 5) is 30.6. The van der Waals surface area contributed by atoms with Crippen LogP contribution in [0.2, 0.25) is 5.02 Å². The molecule has 1 saturated heterocycles. The SMILES string of the molecule is CC(C)C(NC(N)=O)C(=O)N1CCN(Cc2ccc(-c3cccc(Cl)c3)s2)CC1. The molecule has 0 radical (unpaired) electrons. The zero-order valence-electron chi connectivity index (χ0n) is 16.7. The first-order valence-electron chi connectivity index (χ1n) is 9.75. The number of nitrogens with two attached hydrogens (primary N) is 1. The van der Waals surface area contributed by atoms with Gasteiger partial charge in [0.2, 0.25) is 5.91 Å². The van der Waals surface area contributed by atoms with Crippen molar-refractivity contribution >= 4 is 34.9 Å². The van der Waals surface area contributed by atoms with Crippen molar-refractivity contribution in [1.82, 2.24) is 15.1 Å². The predicted molar refractivity (Wildman–Crippen MR) is 118 cm³/mol.